The van der Waals surface area contributed by atoms with Gasteiger partial charge in [-0.1, -0.05) is 12.1 Å². The second-order valence-electron chi connectivity index (χ2n) is 8.31. The summed E-state index contributed by atoms with van der Waals surface area (Å²) in [5.74, 6) is 0.573. The number of likely N-dealkylation sites (tertiary alicyclic amines) is 1. The molecule has 148 valence electrons. The van der Waals surface area contributed by atoms with E-state index in [9.17, 15) is 9.59 Å². The number of benzene rings is 1. The minimum Gasteiger partial charge on any atom is -0.349 e. The Bertz CT molecular complexity index is 903. The normalized spacial score (nSPS) is 17.6. The molecule has 1 aliphatic heterocycles. The zero-order valence-electron chi connectivity index (χ0n) is 17.0. The topological polar surface area (TPSA) is 54.3 Å². The summed E-state index contributed by atoms with van der Waals surface area (Å²) in [5.41, 5.74) is 5.03. The number of nitrogens with one attached hydrogen (secondary N) is 1. The van der Waals surface area contributed by atoms with Gasteiger partial charge < -0.3 is 14.8 Å². The highest BCUT2D eigenvalue weighted by Crippen LogP contribution is 2.32. The number of piperidine rings is 1. The summed E-state index contributed by atoms with van der Waals surface area (Å²) in [6, 6.07) is 10.4. The van der Waals surface area contributed by atoms with Gasteiger partial charge in [-0.05, 0) is 70.2 Å². The quantitative estimate of drug-likeness (QED) is 0.883. The van der Waals surface area contributed by atoms with E-state index in [-0.39, 0.29) is 17.9 Å². The molecule has 2 fully saturated rings. The Morgan fingerprint density at radius 1 is 1.00 bits per heavy atom. The van der Waals surface area contributed by atoms with Crippen LogP contribution in [0.25, 0.3) is 5.69 Å². The van der Waals surface area contributed by atoms with Crippen molar-refractivity contribution in [3.05, 3.63) is 52.8 Å². The van der Waals surface area contributed by atoms with E-state index >= 15 is 0 Å². The molecule has 1 aromatic carbocycles. The van der Waals surface area contributed by atoms with Crippen LogP contribution in [-0.2, 0) is 4.79 Å². The molecule has 1 saturated carbocycles. The summed E-state index contributed by atoms with van der Waals surface area (Å²) < 4.78 is 2.14. The van der Waals surface area contributed by atoms with Crippen LogP contribution in [0.4, 0.5) is 0 Å². The molecule has 5 heteroatoms. The first kappa shape index (κ1) is 18.8. The van der Waals surface area contributed by atoms with Crippen LogP contribution in [0.15, 0.2) is 30.3 Å². The molecule has 1 aliphatic carbocycles. The lowest BCUT2D eigenvalue weighted by Gasteiger charge is -2.32. The molecule has 2 aromatic rings. The van der Waals surface area contributed by atoms with Crippen LogP contribution in [0, 0.1) is 26.7 Å². The van der Waals surface area contributed by atoms with E-state index in [0.717, 1.165) is 61.4 Å². The van der Waals surface area contributed by atoms with E-state index in [1.165, 1.54) is 5.56 Å². The lowest BCUT2D eigenvalue weighted by atomic mass is 10.0. The average Bonchev–Trinajstić information content (AvgIpc) is 3.47. The summed E-state index contributed by atoms with van der Waals surface area (Å²) in [4.78, 5) is 27.1. The SMILES string of the molecule is Cc1cccc(-n2c(C)cc(C(=O)NC3CCN(C(=O)C4CC4)CC3)c2C)c1. The van der Waals surface area contributed by atoms with Gasteiger partial charge in [-0.2, -0.15) is 0 Å². The third-order valence-corrected chi connectivity index (χ3v) is 6.00. The molecule has 2 heterocycles. The number of rotatable bonds is 4. The highest BCUT2D eigenvalue weighted by atomic mass is 16.2. The van der Waals surface area contributed by atoms with Gasteiger partial charge in [0, 0.05) is 42.1 Å². The number of carbonyl (C=O) groups excluding carboxylic acids is 2. The molecule has 1 saturated heterocycles. The van der Waals surface area contributed by atoms with Crippen molar-refractivity contribution in [1.29, 1.82) is 0 Å². The molecular formula is C23H29N3O2. The van der Waals surface area contributed by atoms with Crippen LogP contribution in [-0.4, -0.2) is 40.4 Å². The minimum absolute atomic E-state index is 0.0148. The van der Waals surface area contributed by atoms with Gasteiger partial charge in [0.25, 0.3) is 5.91 Å². The fraction of sp³-hybridized carbons (Fsp3) is 0.478. The van der Waals surface area contributed by atoms with Gasteiger partial charge in [-0.3, -0.25) is 9.59 Å². The highest BCUT2D eigenvalue weighted by molar-refractivity contribution is 5.96. The van der Waals surface area contributed by atoms with Crippen LogP contribution < -0.4 is 5.32 Å². The monoisotopic (exact) mass is 379 g/mol. The third-order valence-electron chi connectivity index (χ3n) is 6.00. The Kier molecular flexibility index (Phi) is 5.00. The van der Waals surface area contributed by atoms with Crippen LogP contribution in [0.1, 0.15) is 53.0 Å². The van der Waals surface area contributed by atoms with Gasteiger partial charge in [0.15, 0.2) is 0 Å². The zero-order chi connectivity index (χ0) is 19.8. The van der Waals surface area contributed by atoms with Crippen molar-refractivity contribution in [3.8, 4) is 5.69 Å². The molecule has 0 atom stereocenters. The van der Waals surface area contributed by atoms with E-state index in [0.29, 0.717) is 5.91 Å². The molecule has 2 aliphatic rings. The first-order chi connectivity index (χ1) is 13.4. The molecule has 0 unspecified atom stereocenters. The van der Waals surface area contributed by atoms with Crippen molar-refractivity contribution in [2.75, 3.05) is 13.1 Å². The first-order valence-electron chi connectivity index (χ1n) is 10.3. The Hall–Kier alpha value is -2.56. The lowest BCUT2D eigenvalue weighted by molar-refractivity contribution is -0.133. The molecule has 0 bridgehead atoms. The fourth-order valence-electron chi connectivity index (χ4n) is 4.25. The second-order valence-corrected chi connectivity index (χ2v) is 8.31. The summed E-state index contributed by atoms with van der Waals surface area (Å²) in [5, 5.41) is 3.19. The van der Waals surface area contributed by atoms with Crippen LogP contribution in [0.2, 0.25) is 0 Å². The number of aryl methyl sites for hydroxylation is 2. The maximum atomic E-state index is 12.9. The number of amides is 2. The summed E-state index contributed by atoms with van der Waals surface area (Å²) >= 11 is 0. The number of nitrogens with zero attached hydrogens (tertiary/aromatic N) is 2. The molecule has 2 amide bonds. The Morgan fingerprint density at radius 2 is 1.71 bits per heavy atom. The minimum atomic E-state index is -0.0148. The standard InChI is InChI=1S/C23H29N3O2/c1-15-5-4-6-20(13-15)26-16(2)14-21(17(26)3)22(27)24-19-9-11-25(12-10-19)23(28)18-7-8-18/h4-6,13-14,18-19H,7-12H2,1-3H3,(H,24,27). The molecule has 28 heavy (non-hydrogen) atoms. The van der Waals surface area contributed by atoms with Crippen molar-refractivity contribution in [2.45, 2.75) is 52.5 Å². The van der Waals surface area contributed by atoms with Crippen molar-refractivity contribution in [2.24, 2.45) is 5.92 Å². The Labute approximate surface area is 166 Å². The van der Waals surface area contributed by atoms with E-state index < -0.39 is 0 Å². The maximum absolute atomic E-state index is 12.9. The predicted molar refractivity (Wildman–Crippen MR) is 110 cm³/mol. The van der Waals surface area contributed by atoms with E-state index in [4.69, 9.17) is 0 Å². The second kappa shape index (κ2) is 7.46. The molecule has 0 spiro atoms. The number of aromatic nitrogens is 1. The third kappa shape index (κ3) is 3.71. The van der Waals surface area contributed by atoms with Crippen LogP contribution in [0.5, 0.6) is 0 Å². The van der Waals surface area contributed by atoms with Crippen LogP contribution >= 0.6 is 0 Å². The molecule has 1 N–H and O–H groups in total. The van der Waals surface area contributed by atoms with E-state index in [1.807, 2.05) is 30.9 Å². The number of hydrogen-bond donors (Lipinski definition) is 1. The van der Waals surface area contributed by atoms with Crippen molar-refractivity contribution in [3.63, 3.8) is 0 Å². The van der Waals surface area contributed by atoms with E-state index in [1.54, 1.807) is 0 Å². The Morgan fingerprint density at radius 3 is 2.36 bits per heavy atom. The Balaban J connectivity index is 1.43. The summed E-state index contributed by atoms with van der Waals surface area (Å²) in [6.45, 7) is 7.62. The van der Waals surface area contributed by atoms with Gasteiger partial charge >= 0.3 is 0 Å². The summed E-state index contributed by atoms with van der Waals surface area (Å²) in [7, 11) is 0. The van der Waals surface area contributed by atoms with Gasteiger partial charge in [-0.25, -0.2) is 0 Å². The van der Waals surface area contributed by atoms with Crippen molar-refractivity contribution >= 4 is 11.8 Å². The smallest absolute Gasteiger partial charge is 0.253 e. The van der Waals surface area contributed by atoms with Gasteiger partial charge in [0.1, 0.15) is 0 Å². The number of hydrogen-bond acceptors (Lipinski definition) is 2. The van der Waals surface area contributed by atoms with Crippen molar-refractivity contribution < 1.29 is 9.59 Å². The van der Waals surface area contributed by atoms with Gasteiger partial charge in [0.05, 0.1) is 5.56 Å². The predicted octanol–water partition coefficient (Wildman–Crippen LogP) is 3.53. The largest absolute Gasteiger partial charge is 0.349 e. The fourth-order valence-corrected chi connectivity index (χ4v) is 4.25. The first-order valence-corrected chi connectivity index (χ1v) is 10.3. The molecule has 0 radical (unpaired) electrons. The summed E-state index contributed by atoms with van der Waals surface area (Å²) in [6.07, 6.45) is 3.76. The average molecular weight is 380 g/mol. The molecular weight excluding hydrogens is 350 g/mol. The highest BCUT2D eigenvalue weighted by Gasteiger charge is 2.35. The molecule has 1 aromatic heterocycles. The zero-order valence-corrected chi connectivity index (χ0v) is 17.0. The van der Waals surface area contributed by atoms with Gasteiger partial charge in [0.2, 0.25) is 5.91 Å². The maximum Gasteiger partial charge on any atom is 0.253 e. The van der Waals surface area contributed by atoms with Crippen molar-refractivity contribution in [1.82, 2.24) is 14.8 Å². The van der Waals surface area contributed by atoms with Gasteiger partial charge in [-0.15, -0.1) is 0 Å². The molecule has 5 nitrogen and oxygen atoms in total. The van der Waals surface area contributed by atoms with Crippen LogP contribution in [0.3, 0.4) is 0 Å². The molecule has 4 rings (SSSR count). The number of carbonyl (C=O) groups is 2. The lowest BCUT2D eigenvalue weighted by Crippen LogP contribution is -2.47. The van der Waals surface area contributed by atoms with E-state index in [2.05, 4.69) is 35.0 Å².